The molecule has 1 saturated heterocycles. The van der Waals surface area contributed by atoms with E-state index >= 15 is 0 Å². The summed E-state index contributed by atoms with van der Waals surface area (Å²) in [4.78, 5) is 34.2. The number of hydrogen-bond acceptors (Lipinski definition) is 6. The summed E-state index contributed by atoms with van der Waals surface area (Å²) in [6.45, 7) is 9.83. The lowest BCUT2D eigenvalue weighted by molar-refractivity contribution is -0.137. The predicted octanol–water partition coefficient (Wildman–Crippen LogP) is 5.28. The Hall–Kier alpha value is -4.01. The van der Waals surface area contributed by atoms with Crippen molar-refractivity contribution in [2.24, 2.45) is 0 Å². The van der Waals surface area contributed by atoms with E-state index in [1.54, 1.807) is 11.8 Å². The van der Waals surface area contributed by atoms with Crippen molar-refractivity contribution in [2.75, 3.05) is 35.8 Å². The Kier molecular flexibility index (Phi) is 7.87. The van der Waals surface area contributed by atoms with Crippen molar-refractivity contribution in [3.8, 4) is 6.07 Å². The molecule has 208 valence electrons. The van der Waals surface area contributed by atoms with Crippen LogP contribution in [0.15, 0.2) is 58.8 Å². The molecule has 2 aromatic rings. The topological polar surface area (TPSA) is 106 Å². The smallest absolute Gasteiger partial charge is 0.323 e. The monoisotopic (exact) mass is 589 g/mol. The zero-order valence-corrected chi connectivity index (χ0v) is 22.9. The van der Waals surface area contributed by atoms with Crippen molar-refractivity contribution < 1.29 is 31.2 Å². The van der Waals surface area contributed by atoms with Gasteiger partial charge in [-0.25, -0.2) is 27.8 Å². The number of rotatable bonds is 3. The van der Waals surface area contributed by atoms with E-state index in [-0.39, 0.29) is 46.2 Å². The lowest BCUT2D eigenvalue weighted by Crippen LogP contribution is -2.57. The maximum absolute atomic E-state index is 14.1. The third kappa shape index (κ3) is 5.37. The summed E-state index contributed by atoms with van der Waals surface area (Å²) < 4.78 is 66.1. The van der Waals surface area contributed by atoms with Gasteiger partial charge in [0.1, 0.15) is 6.04 Å². The number of halogens is 3. The van der Waals surface area contributed by atoms with Crippen molar-refractivity contribution in [1.82, 2.24) is 9.80 Å². The number of carbonyl (C=O) groups is 2. The van der Waals surface area contributed by atoms with E-state index in [9.17, 15) is 36.4 Å². The van der Waals surface area contributed by atoms with Gasteiger partial charge in [0, 0.05) is 42.2 Å². The minimum atomic E-state index is -4.72. The first-order chi connectivity index (χ1) is 18.8. The molecule has 0 aromatic heterocycles. The van der Waals surface area contributed by atoms with Crippen molar-refractivity contribution in [1.29, 1.82) is 5.26 Å². The number of imide groups is 1. The molecule has 1 fully saturated rings. The number of anilines is 1. The number of nitrogens with zero attached hydrogens (tertiary/aromatic N) is 5. The van der Waals surface area contributed by atoms with Gasteiger partial charge in [0.2, 0.25) is 5.70 Å². The van der Waals surface area contributed by atoms with Gasteiger partial charge in [0.05, 0.1) is 28.7 Å². The summed E-state index contributed by atoms with van der Waals surface area (Å²) in [5.41, 5.74) is -1.61. The second kappa shape index (κ2) is 10.9. The Bertz CT molecular complexity index is 1600. The molecule has 40 heavy (non-hydrogen) atoms. The van der Waals surface area contributed by atoms with Gasteiger partial charge in [0.25, 0.3) is 0 Å². The second-order valence-electron chi connectivity index (χ2n) is 9.04. The highest BCUT2D eigenvalue weighted by molar-refractivity contribution is 7.99. The van der Waals surface area contributed by atoms with Crippen LogP contribution in [0.2, 0.25) is 0 Å². The van der Waals surface area contributed by atoms with Gasteiger partial charge >= 0.3 is 18.2 Å². The largest absolute Gasteiger partial charge is 0.416 e. The molecule has 9 nitrogen and oxygen atoms in total. The molecule has 1 atom stereocenters. The number of amides is 4. The number of nitriles is 1. The lowest BCUT2D eigenvalue weighted by Gasteiger charge is -2.43. The van der Waals surface area contributed by atoms with E-state index in [1.807, 2.05) is 6.07 Å². The molecule has 2 heterocycles. The van der Waals surface area contributed by atoms with Crippen molar-refractivity contribution >= 4 is 39.3 Å². The first-order valence-electron chi connectivity index (χ1n) is 11.8. The molecule has 2 aliphatic heterocycles. The number of sulfone groups is 1. The molecule has 0 saturated carbocycles. The summed E-state index contributed by atoms with van der Waals surface area (Å²) in [6, 6.07) is 6.11. The maximum atomic E-state index is 14.1. The first kappa shape index (κ1) is 29.0. The number of hydrogen-bond donors (Lipinski definition) is 0. The molecule has 0 aliphatic carbocycles. The van der Waals surface area contributed by atoms with E-state index in [0.29, 0.717) is 11.5 Å². The summed E-state index contributed by atoms with van der Waals surface area (Å²) in [7, 11) is -4.03. The van der Waals surface area contributed by atoms with Crippen LogP contribution in [0.1, 0.15) is 29.7 Å². The Morgan fingerprint density at radius 2 is 1.85 bits per heavy atom. The van der Waals surface area contributed by atoms with E-state index in [0.717, 1.165) is 40.3 Å². The van der Waals surface area contributed by atoms with Crippen LogP contribution in [-0.2, 0) is 16.0 Å². The molecule has 4 amide bonds. The van der Waals surface area contributed by atoms with E-state index in [2.05, 4.69) is 4.85 Å². The van der Waals surface area contributed by atoms with Crippen LogP contribution in [-0.4, -0.2) is 61.1 Å². The Labute approximate surface area is 233 Å². The predicted molar refractivity (Wildman–Crippen MR) is 142 cm³/mol. The highest BCUT2D eigenvalue weighted by Gasteiger charge is 2.47. The molecular formula is C26H22F3N5O4S2. The van der Waals surface area contributed by atoms with Crippen molar-refractivity contribution in [3.05, 3.63) is 82.0 Å². The van der Waals surface area contributed by atoms with Crippen LogP contribution in [0.5, 0.6) is 0 Å². The summed E-state index contributed by atoms with van der Waals surface area (Å²) in [6.07, 6.45) is -3.82. The average Bonchev–Trinajstić information content (AvgIpc) is 2.92. The van der Waals surface area contributed by atoms with E-state index < -0.39 is 39.7 Å². The molecule has 0 spiro atoms. The fourth-order valence-electron chi connectivity index (χ4n) is 4.60. The van der Waals surface area contributed by atoms with Crippen LogP contribution in [0.3, 0.4) is 0 Å². The first-order valence-corrected chi connectivity index (χ1v) is 14.8. The Morgan fingerprint density at radius 3 is 2.42 bits per heavy atom. The molecule has 0 bridgehead atoms. The van der Waals surface area contributed by atoms with Crippen LogP contribution in [0.25, 0.3) is 4.85 Å². The second-order valence-corrected chi connectivity index (χ2v) is 12.2. The highest BCUT2D eigenvalue weighted by atomic mass is 32.2. The SMILES string of the molecule is [C-]#[N+]C1=C(C)N(c2cccc(C(F)(F)F)c2)C(=O)N(C(=O)N2CCSCC2)[C@@H]1c1ccc(C#N)cc1S(C)(=O)=O. The van der Waals surface area contributed by atoms with Crippen LogP contribution in [0.4, 0.5) is 28.4 Å². The lowest BCUT2D eigenvalue weighted by atomic mass is 9.97. The molecule has 2 aliphatic rings. The van der Waals surface area contributed by atoms with Gasteiger partial charge in [-0.2, -0.15) is 30.2 Å². The van der Waals surface area contributed by atoms with Crippen LogP contribution >= 0.6 is 11.8 Å². The number of urea groups is 2. The van der Waals surface area contributed by atoms with E-state index in [1.165, 1.54) is 30.0 Å². The molecule has 0 radical (unpaired) electrons. The maximum Gasteiger partial charge on any atom is 0.416 e. The standard InChI is InChI=1S/C26H22F3N5O4S2/c1-16-22(31-2)23(20-8-7-17(15-30)13-21(20)40(3,37)38)34(24(35)32-9-11-39-12-10-32)25(36)33(16)19-6-4-5-18(14-19)26(27,28)29/h4-8,13-14,23H,9-12H2,1,3H3/t23-/m1/s1. The van der Waals surface area contributed by atoms with Gasteiger partial charge in [-0.3, -0.25) is 4.90 Å². The molecule has 0 unspecified atom stereocenters. The number of carbonyl (C=O) groups excluding carboxylic acids is 2. The summed E-state index contributed by atoms with van der Waals surface area (Å²) in [5.74, 6) is 1.15. The number of thioether (sulfide) groups is 1. The van der Waals surface area contributed by atoms with Gasteiger partial charge in [0.15, 0.2) is 9.84 Å². The van der Waals surface area contributed by atoms with Crippen LogP contribution in [0, 0.1) is 17.9 Å². The molecule has 14 heteroatoms. The van der Waals surface area contributed by atoms with Crippen molar-refractivity contribution in [3.63, 3.8) is 0 Å². The van der Waals surface area contributed by atoms with E-state index in [4.69, 9.17) is 6.57 Å². The normalized spacial score (nSPS) is 18.4. The average molecular weight is 590 g/mol. The number of benzene rings is 2. The zero-order valence-electron chi connectivity index (χ0n) is 21.3. The van der Waals surface area contributed by atoms with Gasteiger partial charge in [-0.15, -0.1) is 0 Å². The quantitative estimate of drug-likeness (QED) is 0.451. The highest BCUT2D eigenvalue weighted by Crippen LogP contribution is 2.43. The van der Waals surface area contributed by atoms with Crippen molar-refractivity contribution in [2.45, 2.75) is 24.0 Å². The minimum Gasteiger partial charge on any atom is -0.323 e. The van der Waals surface area contributed by atoms with Gasteiger partial charge in [-0.1, -0.05) is 12.1 Å². The molecule has 0 N–H and O–H groups in total. The Morgan fingerprint density at radius 1 is 1.18 bits per heavy atom. The molecular weight excluding hydrogens is 567 g/mol. The molecule has 2 aromatic carbocycles. The van der Waals surface area contributed by atoms with Gasteiger partial charge in [-0.05, 0) is 42.8 Å². The summed E-state index contributed by atoms with van der Waals surface area (Å²) in [5, 5.41) is 9.35. The molecule has 4 rings (SSSR count). The van der Waals surface area contributed by atoms with Gasteiger partial charge < -0.3 is 4.90 Å². The number of allylic oxidation sites excluding steroid dienone is 1. The van der Waals surface area contributed by atoms with Crippen LogP contribution < -0.4 is 4.90 Å². The fraction of sp³-hybridized carbons (Fsp3) is 0.308. The zero-order chi connectivity index (χ0) is 29.4. The fourth-order valence-corrected chi connectivity index (χ4v) is 6.45. The minimum absolute atomic E-state index is 0.00731. The third-order valence-electron chi connectivity index (χ3n) is 6.50. The number of alkyl halides is 3. The Balaban J connectivity index is 2.00. The third-order valence-corrected chi connectivity index (χ3v) is 8.59. The summed E-state index contributed by atoms with van der Waals surface area (Å²) >= 11 is 1.60.